The van der Waals surface area contributed by atoms with Crippen molar-refractivity contribution in [3.05, 3.63) is 134 Å². The van der Waals surface area contributed by atoms with Crippen LogP contribution >= 0.6 is 0 Å². The van der Waals surface area contributed by atoms with E-state index in [9.17, 15) is 0 Å². The molecule has 0 atom stereocenters. The molecule has 1 aliphatic carbocycles. The van der Waals surface area contributed by atoms with Gasteiger partial charge in [0.05, 0.1) is 11.4 Å². The zero-order valence-corrected chi connectivity index (χ0v) is 16.9. The molecule has 0 bridgehead atoms. The molecule has 0 spiro atoms. The van der Waals surface area contributed by atoms with Crippen molar-refractivity contribution in [1.29, 1.82) is 0 Å². The molecule has 2 aromatic carbocycles. The topological polar surface area (TPSA) is 25.8 Å². The Hall–Kier alpha value is -3.00. The third-order valence-corrected chi connectivity index (χ3v) is 4.41. The molecule has 0 unspecified atom stereocenters. The minimum Gasteiger partial charge on any atom is -0.256 e. The Morgan fingerprint density at radius 3 is 1.66 bits per heavy atom. The first-order chi connectivity index (χ1) is 13.9. The number of allylic oxidation sites excluding steroid dienone is 2. The van der Waals surface area contributed by atoms with E-state index < -0.39 is 0 Å². The Morgan fingerprint density at radius 1 is 0.655 bits per heavy atom. The van der Waals surface area contributed by atoms with E-state index in [1.54, 1.807) is 0 Å². The smallest absolute Gasteiger partial charge is 0.256 e. The van der Waals surface area contributed by atoms with E-state index >= 15 is 0 Å². The Kier molecular flexibility index (Phi) is 7.52. The van der Waals surface area contributed by atoms with Crippen LogP contribution in [0.5, 0.6) is 0 Å². The minimum atomic E-state index is 0. The Balaban J connectivity index is 0.000000352. The summed E-state index contributed by atoms with van der Waals surface area (Å²) in [6.45, 7) is 0. The molecule has 2 aromatic heterocycles. The number of benzene rings is 1. The van der Waals surface area contributed by atoms with Gasteiger partial charge in [-0.3, -0.25) is 9.97 Å². The first-order valence-electron chi connectivity index (χ1n) is 9.27. The number of nitrogens with zero attached hydrogens (tertiary/aromatic N) is 2. The maximum absolute atomic E-state index is 4.49. The third kappa shape index (κ3) is 5.51. The van der Waals surface area contributed by atoms with E-state index in [0.29, 0.717) is 0 Å². The molecule has 0 aliphatic heterocycles. The standard InChI is InChI=1S/C21H15N2.C5H5.Fe/c1-2-8-16(7-1)17-13-18(20-9-3-5-11-22-20)15-19(14-17)21-10-4-6-12-23-21;1-2-4-5-3-1;/h1-15H;1-5H;/q2*-1;+2. The molecule has 2 radical (unpaired) electrons. The summed E-state index contributed by atoms with van der Waals surface area (Å²) in [4.78, 5) is 8.97. The van der Waals surface area contributed by atoms with Crippen molar-refractivity contribution in [1.82, 2.24) is 9.97 Å². The Morgan fingerprint density at radius 2 is 1.24 bits per heavy atom. The van der Waals surface area contributed by atoms with Gasteiger partial charge in [-0.2, -0.15) is 18.2 Å². The molecule has 5 rings (SSSR count). The van der Waals surface area contributed by atoms with Crippen LogP contribution in [0, 0.1) is 18.8 Å². The van der Waals surface area contributed by atoms with Crippen LogP contribution in [0.3, 0.4) is 0 Å². The van der Waals surface area contributed by atoms with E-state index in [1.165, 1.54) is 11.5 Å². The molecule has 0 N–H and O–H groups in total. The summed E-state index contributed by atoms with van der Waals surface area (Å²) in [6, 6.07) is 28.5. The predicted octanol–water partition coefficient (Wildman–Crippen LogP) is 6.11. The number of aromatic nitrogens is 2. The van der Waals surface area contributed by atoms with Gasteiger partial charge in [-0.1, -0.05) is 35.7 Å². The van der Waals surface area contributed by atoms with Crippen molar-refractivity contribution in [3.8, 4) is 22.5 Å². The van der Waals surface area contributed by atoms with Gasteiger partial charge in [0, 0.05) is 23.5 Å². The molecular weight excluding hydrogens is 396 g/mol. The Labute approximate surface area is 183 Å². The maximum atomic E-state index is 4.49. The summed E-state index contributed by atoms with van der Waals surface area (Å²) in [5.74, 6) is 1.21. The third-order valence-electron chi connectivity index (χ3n) is 4.41. The summed E-state index contributed by atoms with van der Waals surface area (Å²) in [6.07, 6.45) is 12.0. The second-order valence-electron chi connectivity index (χ2n) is 6.36. The van der Waals surface area contributed by atoms with Crippen molar-refractivity contribution in [3.63, 3.8) is 0 Å². The monoisotopic (exact) mass is 416 g/mol. The van der Waals surface area contributed by atoms with E-state index in [-0.39, 0.29) is 17.1 Å². The van der Waals surface area contributed by atoms with E-state index in [1.807, 2.05) is 79.1 Å². The average Bonchev–Trinajstić information content (AvgIpc) is 3.52. The molecule has 0 saturated carbocycles. The number of hydrogen-bond acceptors (Lipinski definition) is 2. The van der Waals surface area contributed by atoms with Crippen molar-refractivity contribution in [2.24, 2.45) is 0 Å². The fourth-order valence-electron chi connectivity index (χ4n) is 3.04. The zero-order valence-electron chi connectivity index (χ0n) is 15.8. The second-order valence-corrected chi connectivity index (χ2v) is 6.36. The van der Waals surface area contributed by atoms with Gasteiger partial charge in [0.25, 0.3) is 0 Å². The van der Waals surface area contributed by atoms with E-state index in [2.05, 4.69) is 53.2 Å². The first kappa shape index (κ1) is 20.7. The van der Waals surface area contributed by atoms with Crippen LogP contribution < -0.4 is 0 Å². The van der Waals surface area contributed by atoms with Gasteiger partial charge in [-0.25, -0.2) is 30.7 Å². The minimum absolute atomic E-state index is 0. The Bertz CT molecular complexity index is 926. The molecular formula is C26H20FeN2. The normalized spacial score (nSPS) is 12.4. The van der Waals surface area contributed by atoms with Crippen LogP contribution in [0.15, 0.2) is 109 Å². The molecule has 0 fully saturated rings. The van der Waals surface area contributed by atoms with Crippen LogP contribution in [0.25, 0.3) is 22.5 Å². The molecule has 1 aliphatic rings. The van der Waals surface area contributed by atoms with Crippen LogP contribution in [-0.4, -0.2) is 9.97 Å². The number of rotatable bonds is 3. The molecule has 142 valence electrons. The molecule has 0 amide bonds. The second kappa shape index (κ2) is 10.5. The van der Waals surface area contributed by atoms with E-state index in [4.69, 9.17) is 0 Å². The molecule has 0 saturated heterocycles. The average molecular weight is 416 g/mol. The van der Waals surface area contributed by atoms with Gasteiger partial charge in [0.15, 0.2) is 0 Å². The number of hydrogen-bond donors (Lipinski definition) is 0. The van der Waals surface area contributed by atoms with Crippen LogP contribution in [0.1, 0.15) is 5.56 Å². The summed E-state index contributed by atoms with van der Waals surface area (Å²) in [5.41, 5.74) is 5.32. The fraction of sp³-hybridized carbons (Fsp3) is 0. The van der Waals surface area contributed by atoms with Gasteiger partial charge in [0.2, 0.25) is 0 Å². The quantitative estimate of drug-likeness (QED) is 0.297. The van der Waals surface area contributed by atoms with Crippen LogP contribution in [0.4, 0.5) is 0 Å². The SMILES string of the molecule is [CH]1C=C[CH-][C]1c1cc(-c2ccccn2)cc(-c2ccccn2)c1.[Fe+2].c1cc[cH-]c1. The molecule has 29 heavy (non-hydrogen) atoms. The van der Waals surface area contributed by atoms with Crippen molar-refractivity contribution < 1.29 is 17.1 Å². The fourth-order valence-corrected chi connectivity index (χ4v) is 3.04. The maximum Gasteiger partial charge on any atom is 2.00 e. The van der Waals surface area contributed by atoms with Gasteiger partial charge in [-0.05, 0) is 30.3 Å². The van der Waals surface area contributed by atoms with Crippen molar-refractivity contribution in [2.75, 3.05) is 0 Å². The van der Waals surface area contributed by atoms with E-state index in [0.717, 1.165) is 22.5 Å². The van der Waals surface area contributed by atoms with Gasteiger partial charge >= 0.3 is 17.1 Å². The van der Waals surface area contributed by atoms with Gasteiger partial charge in [0.1, 0.15) is 0 Å². The molecule has 2 nitrogen and oxygen atoms in total. The molecule has 4 aromatic rings. The first-order valence-corrected chi connectivity index (χ1v) is 9.27. The van der Waals surface area contributed by atoms with Crippen molar-refractivity contribution in [2.45, 2.75) is 0 Å². The number of pyridine rings is 2. The van der Waals surface area contributed by atoms with Crippen LogP contribution in [-0.2, 0) is 17.1 Å². The summed E-state index contributed by atoms with van der Waals surface area (Å²) in [7, 11) is 0. The predicted molar refractivity (Wildman–Crippen MR) is 115 cm³/mol. The molecule has 3 heteroatoms. The zero-order chi connectivity index (χ0) is 19.0. The largest absolute Gasteiger partial charge is 2.00 e. The summed E-state index contributed by atoms with van der Waals surface area (Å²) < 4.78 is 0. The summed E-state index contributed by atoms with van der Waals surface area (Å²) >= 11 is 0. The van der Waals surface area contributed by atoms with Crippen molar-refractivity contribution >= 4 is 0 Å². The van der Waals surface area contributed by atoms with Crippen LogP contribution in [0.2, 0.25) is 0 Å². The van der Waals surface area contributed by atoms with Gasteiger partial charge in [-0.15, -0.1) is 6.42 Å². The van der Waals surface area contributed by atoms with Gasteiger partial charge < -0.3 is 0 Å². The summed E-state index contributed by atoms with van der Waals surface area (Å²) in [5, 5.41) is 0. The molecule has 2 heterocycles.